The number of anilines is 1. The van der Waals surface area contributed by atoms with Crippen LogP contribution in [0.3, 0.4) is 0 Å². The van der Waals surface area contributed by atoms with Gasteiger partial charge in [-0.05, 0) is 50.1 Å². The van der Waals surface area contributed by atoms with Crippen LogP contribution in [0.25, 0.3) is 0 Å². The molecular formula is C22H22ClNO4. The summed E-state index contributed by atoms with van der Waals surface area (Å²) in [6, 6.07) is 14.3. The Hall–Kier alpha value is -2.53. The molecule has 6 heteroatoms. The molecule has 1 amide bonds. The molecule has 2 aromatic rings. The summed E-state index contributed by atoms with van der Waals surface area (Å²) in [6.45, 7) is 5.72. The second kappa shape index (κ2) is 6.24. The monoisotopic (exact) mass is 399 g/mol. The summed E-state index contributed by atoms with van der Waals surface area (Å²) in [6.07, 6.45) is 1.11. The second-order valence-electron chi connectivity index (χ2n) is 8.18. The van der Waals surface area contributed by atoms with Gasteiger partial charge in [-0.3, -0.25) is 9.59 Å². The van der Waals surface area contributed by atoms with E-state index in [2.05, 4.69) is 5.32 Å². The topological polar surface area (TPSA) is 64.6 Å². The minimum Gasteiger partial charge on any atom is -0.455 e. The Morgan fingerprint density at radius 3 is 2.43 bits per heavy atom. The van der Waals surface area contributed by atoms with E-state index in [-0.39, 0.29) is 11.9 Å². The molecule has 0 unspecified atom stereocenters. The van der Waals surface area contributed by atoms with Crippen molar-refractivity contribution in [3.63, 3.8) is 0 Å². The van der Waals surface area contributed by atoms with Gasteiger partial charge in [0.2, 0.25) is 0 Å². The lowest BCUT2D eigenvalue weighted by Gasteiger charge is -2.35. The maximum Gasteiger partial charge on any atom is 0.313 e. The van der Waals surface area contributed by atoms with Crippen molar-refractivity contribution >= 4 is 29.2 Å². The Balaban J connectivity index is 1.66. The van der Waals surface area contributed by atoms with E-state index in [0.717, 1.165) is 0 Å². The number of hydrogen-bond acceptors (Lipinski definition) is 4. The van der Waals surface area contributed by atoms with Gasteiger partial charge in [-0.1, -0.05) is 43.6 Å². The number of halogens is 1. The third-order valence-corrected chi connectivity index (χ3v) is 6.85. The van der Waals surface area contributed by atoms with Crippen molar-refractivity contribution in [3.8, 4) is 11.5 Å². The lowest BCUT2D eigenvalue weighted by Crippen LogP contribution is -2.50. The minimum atomic E-state index is -1.20. The molecule has 146 valence electrons. The predicted octanol–water partition coefficient (Wildman–Crippen LogP) is 5.19. The molecule has 1 heterocycles. The smallest absolute Gasteiger partial charge is 0.313 e. The first kappa shape index (κ1) is 18.8. The van der Waals surface area contributed by atoms with Crippen LogP contribution in [0.4, 0.5) is 5.69 Å². The maximum atomic E-state index is 13.3. The first-order valence-corrected chi connectivity index (χ1v) is 9.65. The van der Waals surface area contributed by atoms with E-state index >= 15 is 0 Å². The summed E-state index contributed by atoms with van der Waals surface area (Å²) in [4.78, 5) is 25.8. The average Bonchev–Trinajstić information content (AvgIpc) is 2.95. The fraction of sp³-hybridized carbons (Fsp3) is 0.364. The Morgan fingerprint density at radius 1 is 1.11 bits per heavy atom. The van der Waals surface area contributed by atoms with Gasteiger partial charge in [-0.15, -0.1) is 0 Å². The van der Waals surface area contributed by atoms with Crippen molar-refractivity contribution in [2.75, 3.05) is 5.32 Å². The van der Waals surface area contributed by atoms with E-state index in [9.17, 15) is 9.59 Å². The molecule has 1 saturated carbocycles. The number of amides is 1. The van der Waals surface area contributed by atoms with Crippen LogP contribution in [0.2, 0.25) is 5.02 Å². The van der Waals surface area contributed by atoms with Gasteiger partial charge in [0.1, 0.15) is 5.75 Å². The molecule has 4 rings (SSSR count). The average molecular weight is 400 g/mol. The van der Waals surface area contributed by atoms with Crippen LogP contribution in [0, 0.1) is 10.8 Å². The fourth-order valence-electron chi connectivity index (χ4n) is 4.27. The van der Waals surface area contributed by atoms with Crippen LogP contribution < -0.4 is 10.1 Å². The summed E-state index contributed by atoms with van der Waals surface area (Å²) in [7, 11) is 0. The zero-order valence-electron chi connectivity index (χ0n) is 16.0. The highest BCUT2D eigenvalue weighted by Crippen LogP contribution is 2.65. The molecule has 2 fully saturated rings. The van der Waals surface area contributed by atoms with Crippen molar-refractivity contribution < 1.29 is 19.1 Å². The van der Waals surface area contributed by atoms with Gasteiger partial charge < -0.3 is 14.8 Å². The molecule has 1 N–H and O–H groups in total. The number of ether oxygens (including phenoxy) is 2. The lowest BCUT2D eigenvalue weighted by atomic mass is 9.66. The molecular weight excluding hydrogens is 378 g/mol. The third-order valence-electron chi connectivity index (χ3n) is 6.61. The molecule has 5 nitrogen and oxygen atoms in total. The largest absolute Gasteiger partial charge is 0.455 e. The van der Waals surface area contributed by atoms with Gasteiger partial charge >= 0.3 is 5.97 Å². The lowest BCUT2D eigenvalue weighted by molar-refractivity contribution is -0.165. The zero-order chi connectivity index (χ0) is 20.2. The van der Waals surface area contributed by atoms with E-state index in [1.807, 2.05) is 51.1 Å². The Kier molecular flexibility index (Phi) is 4.19. The number of nitrogens with one attached hydrogen (secondary N) is 1. The highest BCUT2D eigenvalue weighted by atomic mass is 35.5. The van der Waals surface area contributed by atoms with Crippen molar-refractivity contribution in [1.82, 2.24) is 0 Å². The molecule has 1 aliphatic heterocycles. The summed E-state index contributed by atoms with van der Waals surface area (Å²) >= 11 is 6.15. The Bertz CT molecular complexity index is 958. The van der Waals surface area contributed by atoms with E-state index in [4.69, 9.17) is 21.1 Å². The van der Waals surface area contributed by atoms with Crippen LogP contribution in [0.5, 0.6) is 11.5 Å². The third kappa shape index (κ3) is 2.53. The van der Waals surface area contributed by atoms with E-state index in [0.29, 0.717) is 35.1 Å². The zero-order valence-corrected chi connectivity index (χ0v) is 16.8. The van der Waals surface area contributed by atoms with Crippen LogP contribution >= 0.6 is 11.6 Å². The molecule has 0 radical (unpaired) electrons. The van der Waals surface area contributed by atoms with Crippen LogP contribution in [-0.2, 0) is 14.3 Å². The fourth-order valence-corrected chi connectivity index (χ4v) is 4.45. The molecule has 2 bridgehead atoms. The number of fused-ring (bicyclic) bond motifs is 2. The number of carbonyl (C=O) groups excluding carboxylic acids is 2. The van der Waals surface area contributed by atoms with Gasteiger partial charge in [0.25, 0.3) is 5.91 Å². The standard InChI is InChI=1S/C22H22ClNO4/c1-20(2)21(3)11-12-22(20,28-19(21)26)18(25)24-16-13-14(23)9-10-17(16)27-15-7-5-4-6-8-15/h4-10,13H,11-12H2,1-3H3,(H,24,25)/t21-,22+/m0/s1. The number of benzene rings is 2. The molecule has 0 spiro atoms. The second-order valence-corrected chi connectivity index (χ2v) is 8.62. The normalized spacial score (nSPS) is 27.4. The summed E-state index contributed by atoms with van der Waals surface area (Å²) < 4.78 is 11.6. The van der Waals surface area contributed by atoms with Crippen LogP contribution in [-0.4, -0.2) is 17.5 Å². The molecule has 1 saturated heterocycles. The van der Waals surface area contributed by atoms with Crippen molar-refractivity contribution in [3.05, 3.63) is 53.6 Å². The molecule has 28 heavy (non-hydrogen) atoms. The molecule has 2 atom stereocenters. The van der Waals surface area contributed by atoms with Gasteiger partial charge in [0.05, 0.1) is 11.1 Å². The number of rotatable bonds is 4. The highest BCUT2D eigenvalue weighted by molar-refractivity contribution is 6.31. The molecule has 0 aromatic heterocycles. The predicted molar refractivity (Wildman–Crippen MR) is 107 cm³/mol. The quantitative estimate of drug-likeness (QED) is 0.718. The van der Waals surface area contributed by atoms with Crippen molar-refractivity contribution in [1.29, 1.82) is 0 Å². The van der Waals surface area contributed by atoms with Crippen molar-refractivity contribution in [2.24, 2.45) is 10.8 Å². The maximum absolute atomic E-state index is 13.3. The Labute approximate surface area is 169 Å². The van der Waals surface area contributed by atoms with E-state index in [1.54, 1.807) is 18.2 Å². The van der Waals surface area contributed by atoms with Gasteiger partial charge in [-0.2, -0.15) is 0 Å². The molecule has 2 aromatic carbocycles. The first-order valence-electron chi connectivity index (χ1n) is 9.27. The highest BCUT2D eigenvalue weighted by Gasteiger charge is 2.75. The molecule has 1 aliphatic carbocycles. The van der Waals surface area contributed by atoms with Gasteiger partial charge in [-0.25, -0.2) is 0 Å². The van der Waals surface area contributed by atoms with Crippen molar-refractivity contribution in [2.45, 2.75) is 39.2 Å². The Morgan fingerprint density at radius 2 is 1.82 bits per heavy atom. The number of hydrogen-bond donors (Lipinski definition) is 1. The van der Waals surface area contributed by atoms with Gasteiger partial charge in [0.15, 0.2) is 11.4 Å². The summed E-state index contributed by atoms with van der Waals surface area (Å²) in [5.74, 6) is 0.431. The summed E-state index contributed by atoms with van der Waals surface area (Å²) in [5, 5.41) is 3.36. The van der Waals surface area contributed by atoms with Crippen LogP contribution in [0.1, 0.15) is 33.6 Å². The first-order chi connectivity index (χ1) is 13.2. The van der Waals surface area contributed by atoms with E-state index in [1.165, 1.54) is 0 Å². The summed E-state index contributed by atoms with van der Waals surface area (Å²) in [5.41, 5.74) is -2.06. The SMILES string of the molecule is CC1(C)[C@@]2(C)CC[C@]1(C(=O)Nc1cc(Cl)ccc1Oc1ccccc1)OC2=O. The number of carbonyl (C=O) groups is 2. The number of para-hydroxylation sites is 1. The van der Waals surface area contributed by atoms with Gasteiger partial charge in [0, 0.05) is 10.4 Å². The minimum absolute atomic E-state index is 0.314. The molecule has 2 aliphatic rings. The van der Waals surface area contributed by atoms with Crippen LogP contribution in [0.15, 0.2) is 48.5 Å². The van der Waals surface area contributed by atoms with E-state index < -0.39 is 16.4 Å². The number of esters is 1.